The molecule has 1 aliphatic heterocycles. The zero-order chi connectivity index (χ0) is 18.4. The number of ketones is 1. The molecule has 0 radical (unpaired) electrons. The molecular weight excluding hydrogens is 340 g/mol. The third-order valence-electron chi connectivity index (χ3n) is 5.23. The molecule has 3 aromatic rings. The molecule has 1 atom stereocenters. The summed E-state index contributed by atoms with van der Waals surface area (Å²) in [6.07, 6.45) is 3.82. The highest BCUT2D eigenvalue weighted by molar-refractivity contribution is 6.00. The molecule has 0 fully saturated rings. The summed E-state index contributed by atoms with van der Waals surface area (Å²) in [6.45, 7) is 0. The maximum Gasteiger partial charge on any atom is 0.277 e. The quantitative estimate of drug-likeness (QED) is 0.738. The molecule has 3 heterocycles. The molecule has 6 heteroatoms. The number of allylic oxidation sites excluding steroid dienone is 2. The number of H-pyrrole nitrogens is 1. The van der Waals surface area contributed by atoms with Gasteiger partial charge in [0.2, 0.25) is 0 Å². The van der Waals surface area contributed by atoms with Crippen LogP contribution in [0.15, 0.2) is 70.8 Å². The topological polar surface area (TPSA) is 79.8 Å². The van der Waals surface area contributed by atoms with Gasteiger partial charge in [-0.25, -0.2) is 4.68 Å². The summed E-state index contributed by atoms with van der Waals surface area (Å²) in [4.78, 5) is 30.5. The lowest BCUT2D eigenvalue weighted by Crippen LogP contribution is -2.30. The number of hydrogen-bond acceptors (Lipinski definition) is 4. The summed E-state index contributed by atoms with van der Waals surface area (Å²) in [5.41, 5.74) is 3.44. The van der Waals surface area contributed by atoms with Crippen molar-refractivity contribution < 1.29 is 4.79 Å². The third kappa shape index (κ3) is 2.44. The zero-order valence-corrected chi connectivity index (χ0v) is 14.6. The first kappa shape index (κ1) is 15.8. The van der Waals surface area contributed by atoms with Crippen LogP contribution in [0.4, 0.5) is 5.82 Å². The first-order valence-electron chi connectivity index (χ1n) is 9.08. The second kappa shape index (κ2) is 6.09. The molecule has 0 saturated carbocycles. The number of rotatable bonds is 2. The van der Waals surface area contributed by atoms with Crippen LogP contribution in [0.3, 0.4) is 0 Å². The van der Waals surface area contributed by atoms with E-state index >= 15 is 0 Å². The van der Waals surface area contributed by atoms with E-state index in [-0.39, 0.29) is 11.3 Å². The van der Waals surface area contributed by atoms with E-state index in [1.165, 1.54) is 4.68 Å². The van der Waals surface area contributed by atoms with Crippen molar-refractivity contribution in [2.45, 2.75) is 25.2 Å². The summed E-state index contributed by atoms with van der Waals surface area (Å²) in [6, 6.07) is 15.0. The number of anilines is 1. The molecule has 2 aliphatic rings. The number of aromatic nitrogens is 3. The number of benzene rings is 1. The highest BCUT2D eigenvalue weighted by Crippen LogP contribution is 2.42. The van der Waals surface area contributed by atoms with Crippen LogP contribution < -0.4 is 10.9 Å². The second-order valence-electron chi connectivity index (χ2n) is 6.86. The lowest BCUT2D eigenvalue weighted by molar-refractivity contribution is -0.116. The maximum absolute atomic E-state index is 13.3. The highest BCUT2D eigenvalue weighted by Gasteiger charge is 2.39. The molecule has 0 bridgehead atoms. The van der Waals surface area contributed by atoms with E-state index in [4.69, 9.17) is 0 Å². The predicted octanol–water partition coefficient (Wildman–Crippen LogP) is 3.13. The van der Waals surface area contributed by atoms with Crippen molar-refractivity contribution in [1.29, 1.82) is 0 Å². The van der Waals surface area contributed by atoms with E-state index in [0.29, 0.717) is 23.4 Å². The van der Waals surface area contributed by atoms with Crippen molar-refractivity contribution in [1.82, 2.24) is 14.8 Å². The predicted molar refractivity (Wildman–Crippen MR) is 102 cm³/mol. The van der Waals surface area contributed by atoms with Gasteiger partial charge in [-0.2, -0.15) is 0 Å². The number of pyridine rings is 1. The molecule has 5 rings (SSSR count). The van der Waals surface area contributed by atoms with Crippen LogP contribution in [0.5, 0.6) is 0 Å². The van der Waals surface area contributed by atoms with Gasteiger partial charge in [0, 0.05) is 23.9 Å². The maximum atomic E-state index is 13.3. The molecule has 2 N–H and O–H groups in total. The van der Waals surface area contributed by atoms with Gasteiger partial charge >= 0.3 is 0 Å². The van der Waals surface area contributed by atoms with Crippen LogP contribution in [0.25, 0.3) is 5.69 Å². The van der Waals surface area contributed by atoms with Crippen molar-refractivity contribution >= 4 is 11.6 Å². The fourth-order valence-electron chi connectivity index (χ4n) is 4.04. The minimum Gasteiger partial charge on any atom is -0.343 e. The Morgan fingerprint density at radius 1 is 1.00 bits per heavy atom. The molecule has 0 saturated heterocycles. The Morgan fingerprint density at radius 3 is 2.59 bits per heavy atom. The van der Waals surface area contributed by atoms with E-state index in [9.17, 15) is 9.59 Å². The number of carbonyl (C=O) groups excluding carboxylic acids is 1. The van der Waals surface area contributed by atoms with Gasteiger partial charge in [0.05, 0.1) is 22.9 Å². The number of para-hydroxylation sites is 1. The summed E-state index contributed by atoms with van der Waals surface area (Å²) >= 11 is 0. The largest absolute Gasteiger partial charge is 0.343 e. The molecule has 0 spiro atoms. The number of Topliss-reactive ketones (excluding diaryl/α,β-unsaturated/α-hetero) is 1. The Balaban J connectivity index is 1.75. The minimum atomic E-state index is -0.445. The van der Waals surface area contributed by atoms with E-state index in [1.807, 2.05) is 48.5 Å². The van der Waals surface area contributed by atoms with Crippen LogP contribution in [0.2, 0.25) is 0 Å². The molecule has 0 amide bonds. The third-order valence-corrected chi connectivity index (χ3v) is 5.23. The molecular formula is C21H18N4O2. The fourth-order valence-corrected chi connectivity index (χ4v) is 4.04. The monoisotopic (exact) mass is 358 g/mol. The van der Waals surface area contributed by atoms with Gasteiger partial charge in [-0.15, -0.1) is 0 Å². The molecule has 2 aromatic heterocycles. The molecule has 134 valence electrons. The summed E-state index contributed by atoms with van der Waals surface area (Å²) in [7, 11) is 0. The van der Waals surface area contributed by atoms with Gasteiger partial charge in [-0.1, -0.05) is 24.3 Å². The smallest absolute Gasteiger partial charge is 0.277 e. The van der Waals surface area contributed by atoms with Gasteiger partial charge in [0.25, 0.3) is 5.56 Å². The zero-order valence-electron chi connectivity index (χ0n) is 14.6. The average molecular weight is 358 g/mol. The standard InChI is InChI=1S/C21H18N4O2/c26-16-11-6-10-15-17(16)18(14-9-4-5-12-22-14)19-20(23-15)24-25(21(19)27)13-7-2-1-3-8-13/h1-5,7-9,12,18,23-24H,6,10-11H2. The SMILES string of the molecule is O=C1CCCC2=C1C(c1ccccn1)c1c([nH]n(-c3ccccc3)c1=O)N2. The first-order chi connectivity index (χ1) is 13.2. The number of fused-ring (bicyclic) bond motifs is 1. The Morgan fingerprint density at radius 2 is 1.81 bits per heavy atom. The van der Waals surface area contributed by atoms with Gasteiger partial charge in [-0.05, 0) is 37.1 Å². The number of carbonyl (C=O) groups is 1. The van der Waals surface area contributed by atoms with Crippen LogP contribution in [0.1, 0.15) is 36.4 Å². The Hall–Kier alpha value is -3.41. The fraction of sp³-hybridized carbons (Fsp3) is 0.190. The van der Waals surface area contributed by atoms with E-state index in [2.05, 4.69) is 15.4 Å². The van der Waals surface area contributed by atoms with Crippen LogP contribution in [-0.2, 0) is 4.79 Å². The van der Waals surface area contributed by atoms with Crippen molar-refractivity contribution in [2.75, 3.05) is 5.32 Å². The Labute approximate surface area is 155 Å². The van der Waals surface area contributed by atoms with E-state index in [0.717, 1.165) is 29.9 Å². The van der Waals surface area contributed by atoms with Gasteiger partial charge < -0.3 is 5.32 Å². The average Bonchev–Trinajstić information content (AvgIpc) is 3.04. The summed E-state index contributed by atoms with van der Waals surface area (Å²) < 4.78 is 1.52. The van der Waals surface area contributed by atoms with Crippen LogP contribution in [0, 0.1) is 0 Å². The van der Waals surface area contributed by atoms with Gasteiger partial charge in [0.1, 0.15) is 5.82 Å². The number of nitrogens with zero attached hydrogens (tertiary/aromatic N) is 2. The molecule has 1 unspecified atom stereocenters. The highest BCUT2D eigenvalue weighted by atomic mass is 16.1. The van der Waals surface area contributed by atoms with E-state index in [1.54, 1.807) is 6.20 Å². The molecule has 27 heavy (non-hydrogen) atoms. The Bertz CT molecular complexity index is 1110. The van der Waals surface area contributed by atoms with Gasteiger partial charge in [-0.3, -0.25) is 19.7 Å². The van der Waals surface area contributed by atoms with Crippen LogP contribution in [-0.4, -0.2) is 20.5 Å². The van der Waals surface area contributed by atoms with Crippen molar-refractivity contribution in [2.24, 2.45) is 0 Å². The second-order valence-corrected chi connectivity index (χ2v) is 6.86. The lowest BCUT2D eigenvalue weighted by atomic mass is 9.78. The molecule has 6 nitrogen and oxygen atoms in total. The molecule has 1 aliphatic carbocycles. The number of hydrogen-bond donors (Lipinski definition) is 2. The normalized spacial score (nSPS) is 18.7. The van der Waals surface area contributed by atoms with Crippen molar-refractivity contribution in [3.63, 3.8) is 0 Å². The van der Waals surface area contributed by atoms with E-state index < -0.39 is 5.92 Å². The van der Waals surface area contributed by atoms with Crippen molar-refractivity contribution in [3.05, 3.63) is 87.6 Å². The first-order valence-corrected chi connectivity index (χ1v) is 9.08. The van der Waals surface area contributed by atoms with Crippen LogP contribution >= 0.6 is 0 Å². The number of nitrogens with one attached hydrogen (secondary N) is 2. The lowest BCUT2D eigenvalue weighted by Gasteiger charge is -2.30. The number of aromatic amines is 1. The van der Waals surface area contributed by atoms with Crippen molar-refractivity contribution in [3.8, 4) is 5.69 Å². The molecule has 1 aromatic carbocycles. The summed E-state index contributed by atoms with van der Waals surface area (Å²) in [5, 5.41) is 6.50. The summed E-state index contributed by atoms with van der Waals surface area (Å²) in [5.74, 6) is 0.295. The minimum absolute atomic E-state index is 0.0944. The Kier molecular flexibility index (Phi) is 3.57. The van der Waals surface area contributed by atoms with Gasteiger partial charge in [0.15, 0.2) is 5.78 Å².